The van der Waals surface area contributed by atoms with Gasteiger partial charge in [0.25, 0.3) is 5.91 Å². The van der Waals surface area contributed by atoms with E-state index < -0.39 is 5.97 Å². The van der Waals surface area contributed by atoms with Crippen molar-refractivity contribution in [2.45, 2.75) is 13.3 Å². The number of rotatable bonds is 4. The lowest BCUT2D eigenvalue weighted by Gasteiger charge is -2.14. The van der Waals surface area contributed by atoms with Crippen molar-refractivity contribution in [1.29, 1.82) is 0 Å². The van der Waals surface area contributed by atoms with E-state index in [-0.39, 0.29) is 18.2 Å². The normalized spacial score (nSPS) is 15.5. The summed E-state index contributed by atoms with van der Waals surface area (Å²) < 4.78 is 5.18. The van der Waals surface area contributed by atoms with Crippen molar-refractivity contribution < 1.29 is 14.3 Å². The third-order valence-electron chi connectivity index (χ3n) is 4.84. The zero-order valence-electron chi connectivity index (χ0n) is 15.7. The number of para-hydroxylation sites is 1. The van der Waals surface area contributed by atoms with E-state index in [9.17, 15) is 9.59 Å². The molecule has 0 atom stereocenters. The second-order valence-corrected chi connectivity index (χ2v) is 7.50. The number of hydrogen-bond acceptors (Lipinski definition) is 3. The molecule has 1 aliphatic rings. The predicted octanol–water partition coefficient (Wildman–Crippen LogP) is 5.47. The second kappa shape index (κ2) is 7.93. The van der Waals surface area contributed by atoms with Crippen LogP contribution in [0.25, 0.3) is 17.0 Å². The van der Waals surface area contributed by atoms with Crippen molar-refractivity contribution in [1.82, 2.24) is 4.98 Å². The molecule has 148 valence electrons. The first-order chi connectivity index (χ1) is 14.0. The molecule has 7 heteroatoms. The van der Waals surface area contributed by atoms with E-state index in [1.54, 1.807) is 30.0 Å². The van der Waals surface area contributed by atoms with Gasteiger partial charge in [0.15, 0.2) is 0 Å². The number of anilines is 1. The van der Waals surface area contributed by atoms with E-state index >= 15 is 0 Å². The van der Waals surface area contributed by atoms with Gasteiger partial charge in [0, 0.05) is 39.3 Å². The highest BCUT2D eigenvalue weighted by Gasteiger charge is 2.29. The van der Waals surface area contributed by atoms with Crippen LogP contribution in [0.15, 0.2) is 48.0 Å². The SMILES string of the molecule is CCOC(=O)c1[nH]c2cc(Cl)cc(Cl)c2c1C=C1CCN(c2ccccc2)C1=O. The third-order valence-corrected chi connectivity index (χ3v) is 5.36. The number of ether oxygens (including phenoxy) is 1. The Morgan fingerprint density at radius 2 is 2.00 bits per heavy atom. The van der Waals surface area contributed by atoms with Crippen LogP contribution in [-0.2, 0) is 9.53 Å². The molecule has 1 saturated heterocycles. The number of nitrogens with one attached hydrogen (secondary N) is 1. The summed E-state index contributed by atoms with van der Waals surface area (Å²) >= 11 is 12.5. The Bertz CT molecular complexity index is 1140. The van der Waals surface area contributed by atoms with Crippen molar-refractivity contribution in [3.63, 3.8) is 0 Å². The Kier molecular flexibility index (Phi) is 5.35. The Labute approximate surface area is 177 Å². The molecule has 2 aromatic carbocycles. The van der Waals surface area contributed by atoms with Crippen LogP contribution in [0.5, 0.6) is 0 Å². The van der Waals surface area contributed by atoms with Gasteiger partial charge in [-0.25, -0.2) is 4.79 Å². The van der Waals surface area contributed by atoms with Gasteiger partial charge < -0.3 is 14.6 Å². The number of carbonyl (C=O) groups is 2. The minimum Gasteiger partial charge on any atom is -0.461 e. The minimum atomic E-state index is -0.506. The number of aromatic amines is 1. The summed E-state index contributed by atoms with van der Waals surface area (Å²) in [6.07, 6.45) is 2.30. The number of esters is 1. The van der Waals surface area contributed by atoms with E-state index in [2.05, 4.69) is 4.98 Å². The standard InChI is InChI=1S/C22H18Cl2N2O3/c1-2-29-22(28)20-16(19-17(24)11-14(23)12-18(19)25-20)10-13-8-9-26(21(13)27)15-6-4-3-5-7-15/h3-7,10-12,25H,2,8-9H2,1H3. The summed E-state index contributed by atoms with van der Waals surface area (Å²) in [6.45, 7) is 2.55. The largest absolute Gasteiger partial charge is 0.461 e. The number of benzene rings is 2. The number of halogens is 2. The van der Waals surface area contributed by atoms with Crippen LogP contribution in [0.4, 0.5) is 5.69 Å². The fourth-order valence-corrected chi connectivity index (χ4v) is 4.15. The summed E-state index contributed by atoms with van der Waals surface area (Å²) in [5.74, 6) is -0.599. The molecular formula is C22H18Cl2N2O3. The third kappa shape index (κ3) is 3.63. The number of nitrogens with zero attached hydrogens (tertiary/aromatic N) is 1. The molecule has 0 spiro atoms. The van der Waals surface area contributed by atoms with E-state index in [1.165, 1.54) is 0 Å². The Hall–Kier alpha value is -2.76. The fraction of sp³-hybridized carbons (Fsp3) is 0.182. The van der Waals surface area contributed by atoms with Gasteiger partial charge in [-0.3, -0.25) is 4.79 Å². The Morgan fingerprint density at radius 1 is 1.24 bits per heavy atom. The highest BCUT2D eigenvalue weighted by Crippen LogP contribution is 2.35. The zero-order valence-corrected chi connectivity index (χ0v) is 17.2. The van der Waals surface area contributed by atoms with Gasteiger partial charge in [0.05, 0.1) is 11.6 Å². The quantitative estimate of drug-likeness (QED) is 0.442. The van der Waals surface area contributed by atoms with Crippen LogP contribution < -0.4 is 4.90 Å². The predicted molar refractivity (Wildman–Crippen MR) is 116 cm³/mol. The van der Waals surface area contributed by atoms with E-state index in [4.69, 9.17) is 27.9 Å². The number of amides is 1. The number of hydrogen-bond donors (Lipinski definition) is 1. The van der Waals surface area contributed by atoms with Gasteiger partial charge in [0.1, 0.15) is 5.69 Å². The lowest BCUT2D eigenvalue weighted by Crippen LogP contribution is -2.24. The van der Waals surface area contributed by atoms with Gasteiger partial charge >= 0.3 is 5.97 Å². The number of aromatic nitrogens is 1. The summed E-state index contributed by atoms with van der Waals surface area (Å²) in [5.41, 5.74) is 2.85. The number of H-pyrrole nitrogens is 1. The molecule has 1 aliphatic heterocycles. The second-order valence-electron chi connectivity index (χ2n) is 6.66. The van der Waals surface area contributed by atoms with Crippen LogP contribution in [0.1, 0.15) is 29.4 Å². The monoisotopic (exact) mass is 428 g/mol. The van der Waals surface area contributed by atoms with Crippen molar-refractivity contribution >= 4 is 57.7 Å². The number of fused-ring (bicyclic) bond motifs is 1. The molecule has 0 radical (unpaired) electrons. The smallest absolute Gasteiger partial charge is 0.355 e. The maximum atomic E-state index is 13.0. The maximum Gasteiger partial charge on any atom is 0.355 e. The topological polar surface area (TPSA) is 62.4 Å². The first kappa shape index (κ1) is 19.6. The van der Waals surface area contributed by atoms with E-state index in [1.807, 2.05) is 30.3 Å². The van der Waals surface area contributed by atoms with Crippen molar-refractivity contribution in [2.24, 2.45) is 0 Å². The van der Waals surface area contributed by atoms with Crippen LogP contribution in [-0.4, -0.2) is 30.0 Å². The Morgan fingerprint density at radius 3 is 2.72 bits per heavy atom. The molecule has 1 N–H and O–H groups in total. The summed E-state index contributed by atoms with van der Waals surface area (Å²) in [5, 5.41) is 1.49. The summed E-state index contributed by atoms with van der Waals surface area (Å²) in [7, 11) is 0. The molecule has 3 aromatic rings. The van der Waals surface area contributed by atoms with Crippen LogP contribution in [0.2, 0.25) is 10.0 Å². The fourth-order valence-electron chi connectivity index (χ4n) is 3.56. The minimum absolute atomic E-state index is 0.0922. The summed E-state index contributed by atoms with van der Waals surface area (Å²) in [4.78, 5) is 30.3. The molecule has 0 aliphatic carbocycles. The lowest BCUT2D eigenvalue weighted by atomic mass is 10.1. The summed E-state index contributed by atoms with van der Waals surface area (Å²) in [6, 6.07) is 12.8. The first-order valence-electron chi connectivity index (χ1n) is 9.25. The number of carbonyl (C=O) groups excluding carboxylic acids is 2. The molecule has 1 fully saturated rings. The van der Waals surface area contributed by atoms with Crippen molar-refractivity contribution in [3.05, 3.63) is 69.3 Å². The Balaban J connectivity index is 1.82. The van der Waals surface area contributed by atoms with Crippen LogP contribution in [0, 0.1) is 0 Å². The van der Waals surface area contributed by atoms with E-state index in [0.29, 0.717) is 45.1 Å². The molecule has 1 aromatic heterocycles. The van der Waals surface area contributed by atoms with E-state index in [0.717, 1.165) is 5.69 Å². The van der Waals surface area contributed by atoms with Gasteiger partial charge in [-0.05, 0) is 43.7 Å². The molecule has 29 heavy (non-hydrogen) atoms. The van der Waals surface area contributed by atoms with Gasteiger partial charge in [-0.1, -0.05) is 41.4 Å². The van der Waals surface area contributed by atoms with Gasteiger partial charge in [-0.2, -0.15) is 0 Å². The average Bonchev–Trinajstić information content (AvgIpc) is 3.24. The first-order valence-corrected chi connectivity index (χ1v) is 10.0. The maximum absolute atomic E-state index is 13.0. The molecule has 0 unspecified atom stereocenters. The van der Waals surface area contributed by atoms with Gasteiger partial charge in [0.2, 0.25) is 0 Å². The highest BCUT2D eigenvalue weighted by atomic mass is 35.5. The molecule has 2 heterocycles. The van der Waals surface area contributed by atoms with Crippen LogP contribution in [0.3, 0.4) is 0 Å². The molecule has 4 rings (SSSR count). The van der Waals surface area contributed by atoms with Crippen molar-refractivity contribution in [2.75, 3.05) is 18.1 Å². The molecule has 5 nitrogen and oxygen atoms in total. The highest BCUT2D eigenvalue weighted by molar-refractivity contribution is 6.39. The molecule has 0 bridgehead atoms. The lowest BCUT2D eigenvalue weighted by molar-refractivity contribution is -0.114. The zero-order chi connectivity index (χ0) is 20.5. The van der Waals surface area contributed by atoms with Crippen LogP contribution >= 0.6 is 23.2 Å². The molecular weight excluding hydrogens is 411 g/mol. The van der Waals surface area contributed by atoms with Crippen molar-refractivity contribution in [3.8, 4) is 0 Å². The molecule has 0 saturated carbocycles. The average molecular weight is 429 g/mol. The molecule has 1 amide bonds. The van der Waals surface area contributed by atoms with Gasteiger partial charge in [-0.15, -0.1) is 0 Å².